The highest BCUT2D eigenvalue weighted by molar-refractivity contribution is 14.0. The number of hydrogen-bond donors (Lipinski definition) is 2. The average Bonchev–Trinajstić information content (AvgIpc) is 2.43. The van der Waals surface area contributed by atoms with Crippen molar-refractivity contribution in [3.63, 3.8) is 0 Å². The van der Waals surface area contributed by atoms with Gasteiger partial charge in [0.15, 0.2) is 17.5 Å². The molecule has 1 heterocycles. The highest BCUT2D eigenvalue weighted by Crippen LogP contribution is 2.38. The number of fused-ring (bicyclic) bond motifs is 1. The lowest BCUT2D eigenvalue weighted by atomic mass is 9.85. The molecule has 1 aliphatic heterocycles. The molecule has 3 N–H and O–H groups in total. The maximum atomic E-state index is 6.19. The summed E-state index contributed by atoms with van der Waals surface area (Å²) in [6, 6.07) is 3.75. The Morgan fingerprint density at radius 3 is 2.82 bits per heavy atom. The van der Waals surface area contributed by atoms with Gasteiger partial charge in [-0.3, -0.25) is 0 Å². The van der Waals surface area contributed by atoms with Crippen molar-refractivity contribution in [1.29, 1.82) is 0 Å². The van der Waals surface area contributed by atoms with Crippen LogP contribution in [0.15, 0.2) is 17.1 Å². The molecule has 0 saturated heterocycles. The highest BCUT2D eigenvalue weighted by Gasteiger charge is 2.17. The molecule has 2 aliphatic rings. The third kappa shape index (κ3) is 4.32. The van der Waals surface area contributed by atoms with Crippen LogP contribution >= 0.6 is 35.6 Å². The van der Waals surface area contributed by atoms with E-state index in [-0.39, 0.29) is 24.0 Å². The van der Waals surface area contributed by atoms with Gasteiger partial charge in [-0.05, 0) is 36.5 Å². The van der Waals surface area contributed by atoms with Gasteiger partial charge in [0.1, 0.15) is 13.2 Å². The Hall–Kier alpha value is -0.890. The second-order valence-electron chi connectivity index (χ2n) is 5.48. The first kappa shape index (κ1) is 17.5. The maximum Gasteiger partial charge on any atom is 0.188 e. The number of halogens is 2. The number of guanidine groups is 1. The summed E-state index contributed by atoms with van der Waals surface area (Å²) in [7, 11) is 0. The minimum absolute atomic E-state index is 0. The summed E-state index contributed by atoms with van der Waals surface area (Å²) in [5, 5.41) is 3.72. The van der Waals surface area contributed by atoms with Gasteiger partial charge >= 0.3 is 0 Å². The van der Waals surface area contributed by atoms with E-state index in [4.69, 9.17) is 26.8 Å². The molecule has 0 atom stereocenters. The molecule has 0 radical (unpaired) electrons. The van der Waals surface area contributed by atoms with Gasteiger partial charge in [-0.2, -0.15) is 0 Å². The van der Waals surface area contributed by atoms with Crippen molar-refractivity contribution < 1.29 is 9.47 Å². The summed E-state index contributed by atoms with van der Waals surface area (Å²) in [6.07, 6.45) is 3.91. The maximum absolute atomic E-state index is 6.19. The van der Waals surface area contributed by atoms with Crippen LogP contribution < -0.4 is 20.5 Å². The van der Waals surface area contributed by atoms with Gasteiger partial charge in [-0.25, -0.2) is 4.99 Å². The fourth-order valence-corrected chi connectivity index (χ4v) is 2.72. The minimum Gasteiger partial charge on any atom is -0.486 e. The van der Waals surface area contributed by atoms with E-state index in [1.54, 1.807) is 0 Å². The topological polar surface area (TPSA) is 68.9 Å². The monoisotopic (exact) mass is 437 g/mol. The zero-order valence-corrected chi connectivity index (χ0v) is 15.4. The SMILES string of the molecule is I.NC(=NCc1cc(Cl)c2c(c1)OCCO2)NCC1CCC1. The van der Waals surface area contributed by atoms with E-state index >= 15 is 0 Å². The molecule has 0 unspecified atom stereocenters. The Balaban J connectivity index is 0.00000176. The van der Waals surface area contributed by atoms with Crippen LogP contribution in [0.2, 0.25) is 5.02 Å². The predicted octanol–water partition coefficient (Wildman–Crippen LogP) is 2.93. The van der Waals surface area contributed by atoms with E-state index < -0.39 is 0 Å². The number of rotatable bonds is 4. The molecule has 122 valence electrons. The van der Waals surface area contributed by atoms with Crippen molar-refractivity contribution >= 4 is 41.5 Å². The van der Waals surface area contributed by atoms with Crippen molar-refractivity contribution in [3.8, 4) is 11.5 Å². The molecule has 1 aromatic carbocycles. The van der Waals surface area contributed by atoms with Crippen molar-refractivity contribution in [3.05, 3.63) is 22.7 Å². The van der Waals surface area contributed by atoms with Crippen molar-refractivity contribution in [2.24, 2.45) is 16.6 Å². The number of nitrogens with one attached hydrogen (secondary N) is 1. The Bertz CT molecular complexity index is 550. The molecule has 1 saturated carbocycles. The largest absolute Gasteiger partial charge is 0.486 e. The lowest BCUT2D eigenvalue weighted by Gasteiger charge is -2.25. The fourth-order valence-electron chi connectivity index (χ4n) is 2.43. The second-order valence-corrected chi connectivity index (χ2v) is 5.89. The number of benzene rings is 1. The molecule has 7 heteroatoms. The predicted molar refractivity (Wildman–Crippen MR) is 98.5 cm³/mol. The van der Waals surface area contributed by atoms with Crippen LogP contribution in [0.1, 0.15) is 24.8 Å². The molecule has 0 bridgehead atoms. The minimum atomic E-state index is 0. The quantitative estimate of drug-likeness (QED) is 0.432. The first-order chi connectivity index (χ1) is 10.2. The standard InChI is InChI=1S/C15H20ClN3O2.HI/c16-12-6-11(7-13-14(12)21-5-4-20-13)9-19-15(17)18-8-10-2-1-3-10;/h6-7,10H,1-5,8-9H2,(H3,17,18,19);1H. The number of hydrogen-bond acceptors (Lipinski definition) is 3. The van der Waals surface area contributed by atoms with Crippen LogP contribution in [0.3, 0.4) is 0 Å². The van der Waals surface area contributed by atoms with E-state index in [1.807, 2.05) is 12.1 Å². The molecule has 1 aromatic rings. The summed E-state index contributed by atoms with van der Waals surface area (Å²) in [6.45, 7) is 2.46. The Kier molecular flexibility index (Phi) is 6.43. The van der Waals surface area contributed by atoms with Crippen molar-refractivity contribution in [1.82, 2.24) is 5.32 Å². The summed E-state index contributed by atoms with van der Waals surface area (Å²) in [4.78, 5) is 4.34. The average molecular weight is 438 g/mol. The summed E-state index contributed by atoms with van der Waals surface area (Å²) in [5.74, 6) is 2.53. The Morgan fingerprint density at radius 2 is 2.09 bits per heavy atom. The first-order valence-electron chi connectivity index (χ1n) is 7.34. The van der Waals surface area contributed by atoms with Gasteiger partial charge in [0.05, 0.1) is 11.6 Å². The van der Waals surface area contributed by atoms with Gasteiger partial charge < -0.3 is 20.5 Å². The van der Waals surface area contributed by atoms with Crippen LogP contribution in [-0.2, 0) is 6.54 Å². The van der Waals surface area contributed by atoms with Gasteiger partial charge in [-0.1, -0.05) is 18.0 Å². The Labute approximate surface area is 152 Å². The summed E-state index contributed by atoms with van der Waals surface area (Å²) >= 11 is 6.19. The number of ether oxygens (including phenoxy) is 2. The Morgan fingerprint density at radius 1 is 1.32 bits per heavy atom. The van der Waals surface area contributed by atoms with Crippen LogP contribution in [0, 0.1) is 5.92 Å². The summed E-state index contributed by atoms with van der Waals surface area (Å²) in [5.41, 5.74) is 6.83. The molecular formula is C15H21ClIN3O2. The highest BCUT2D eigenvalue weighted by atomic mass is 127. The fraction of sp³-hybridized carbons (Fsp3) is 0.533. The van der Waals surface area contributed by atoms with Gasteiger partial charge in [-0.15, -0.1) is 24.0 Å². The van der Waals surface area contributed by atoms with Crippen LogP contribution in [0.25, 0.3) is 0 Å². The van der Waals surface area contributed by atoms with Crippen LogP contribution in [0.4, 0.5) is 0 Å². The van der Waals surface area contributed by atoms with Crippen molar-refractivity contribution in [2.45, 2.75) is 25.8 Å². The van der Waals surface area contributed by atoms with Crippen molar-refractivity contribution in [2.75, 3.05) is 19.8 Å². The van der Waals surface area contributed by atoms with Gasteiger partial charge in [0.2, 0.25) is 0 Å². The van der Waals surface area contributed by atoms with E-state index in [0.717, 1.165) is 18.0 Å². The lowest BCUT2D eigenvalue weighted by molar-refractivity contribution is 0.171. The van der Waals surface area contributed by atoms with E-state index in [9.17, 15) is 0 Å². The molecule has 0 spiro atoms. The van der Waals surface area contributed by atoms with E-state index in [2.05, 4.69) is 10.3 Å². The zero-order chi connectivity index (χ0) is 14.7. The zero-order valence-electron chi connectivity index (χ0n) is 12.3. The number of aliphatic imine (C=N–C) groups is 1. The van der Waals surface area contributed by atoms with Gasteiger partial charge in [0, 0.05) is 6.54 Å². The molecule has 3 rings (SSSR count). The number of nitrogens with two attached hydrogens (primary N) is 1. The van der Waals surface area contributed by atoms with E-state index in [1.165, 1.54) is 19.3 Å². The molecule has 0 amide bonds. The number of nitrogens with zero attached hydrogens (tertiary/aromatic N) is 1. The molecule has 22 heavy (non-hydrogen) atoms. The molecule has 0 aromatic heterocycles. The van der Waals surface area contributed by atoms with Gasteiger partial charge in [0.25, 0.3) is 0 Å². The molecular weight excluding hydrogens is 417 g/mol. The molecule has 1 fully saturated rings. The smallest absolute Gasteiger partial charge is 0.188 e. The third-order valence-corrected chi connectivity index (χ3v) is 4.17. The molecule has 5 nitrogen and oxygen atoms in total. The van der Waals surface area contributed by atoms with Crippen LogP contribution in [0.5, 0.6) is 11.5 Å². The molecule has 1 aliphatic carbocycles. The third-order valence-electron chi connectivity index (χ3n) is 3.89. The summed E-state index contributed by atoms with van der Waals surface area (Å²) < 4.78 is 11.0. The lowest BCUT2D eigenvalue weighted by Crippen LogP contribution is -2.37. The second kappa shape index (κ2) is 8.10. The van der Waals surface area contributed by atoms with Crippen LogP contribution in [-0.4, -0.2) is 25.7 Å². The van der Waals surface area contributed by atoms with E-state index in [0.29, 0.717) is 42.2 Å². The normalized spacial score (nSPS) is 17.4. The first-order valence-corrected chi connectivity index (χ1v) is 7.72.